The molecule has 0 aromatic heterocycles. The first kappa shape index (κ1) is 16.2. The molecule has 2 unspecified atom stereocenters. The fourth-order valence-electron chi connectivity index (χ4n) is 2.52. The number of ether oxygens (including phenoxy) is 2. The zero-order valence-corrected chi connectivity index (χ0v) is 12.6. The van der Waals surface area contributed by atoms with Crippen molar-refractivity contribution < 1.29 is 14.3 Å². The van der Waals surface area contributed by atoms with Gasteiger partial charge >= 0.3 is 6.09 Å². The number of hydrogen-bond acceptors (Lipinski definition) is 4. The van der Waals surface area contributed by atoms with Gasteiger partial charge in [-0.05, 0) is 46.6 Å². The second-order valence-corrected chi connectivity index (χ2v) is 6.18. The van der Waals surface area contributed by atoms with Crippen LogP contribution in [0.5, 0.6) is 0 Å². The Morgan fingerprint density at radius 2 is 2.16 bits per heavy atom. The summed E-state index contributed by atoms with van der Waals surface area (Å²) in [6.45, 7) is 7.75. The van der Waals surface area contributed by atoms with Crippen LogP contribution in [0, 0.1) is 5.92 Å². The van der Waals surface area contributed by atoms with Gasteiger partial charge in [0.2, 0.25) is 0 Å². The molecule has 0 aromatic carbocycles. The third kappa shape index (κ3) is 5.37. The van der Waals surface area contributed by atoms with E-state index in [-0.39, 0.29) is 12.2 Å². The van der Waals surface area contributed by atoms with E-state index in [0.29, 0.717) is 19.0 Å². The van der Waals surface area contributed by atoms with Crippen molar-refractivity contribution >= 4 is 6.09 Å². The summed E-state index contributed by atoms with van der Waals surface area (Å²) in [6.07, 6.45) is 2.82. The monoisotopic (exact) mass is 272 g/mol. The number of methoxy groups -OCH3 is 1. The van der Waals surface area contributed by atoms with E-state index in [1.54, 1.807) is 12.0 Å². The van der Waals surface area contributed by atoms with E-state index in [2.05, 4.69) is 0 Å². The maximum atomic E-state index is 12.1. The van der Waals surface area contributed by atoms with Crippen molar-refractivity contribution in [3.63, 3.8) is 0 Å². The van der Waals surface area contributed by atoms with Gasteiger partial charge in [-0.2, -0.15) is 0 Å². The number of amides is 1. The molecule has 5 nitrogen and oxygen atoms in total. The van der Waals surface area contributed by atoms with Crippen molar-refractivity contribution in [3.05, 3.63) is 0 Å². The number of rotatable bonds is 4. The van der Waals surface area contributed by atoms with Crippen LogP contribution in [-0.2, 0) is 9.47 Å². The zero-order valence-electron chi connectivity index (χ0n) is 12.6. The summed E-state index contributed by atoms with van der Waals surface area (Å²) in [6, 6.07) is 0. The smallest absolute Gasteiger partial charge is 0.410 e. The van der Waals surface area contributed by atoms with Gasteiger partial charge in [0.15, 0.2) is 0 Å². The number of nitrogens with two attached hydrogens (primary N) is 1. The van der Waals surface area contributed by atoms with Crippen LogP contribution in [0.4, 0.5) is 4.79 Å². The van der Waals surface area contributed by atoms with Crippen molar-refractivity contribution in [1.29, 1.82) is 0 Å². The highest BCUT2D eigenvalue weighted by Crippen LogP contribution is 2.24. The minimum atomic E-state index is -0.443. The Morgan fingerprint density at radius 3 is 2.68 bits per heavy atom. The van der Waals surface area contributed by atoms with Crippen LogP contribution >= 0.6 is 0 Å². The van der Waals surface area contributed by atoms with Crippen molar-refractivity contribution in [2.24, 2.45) is 11.7 Å². The summed E-state index contributed by atoms with van der Waals surface area (Å²) < 4.78 is 10.9. The number of carbonyl (C=O) groups is 1. The van der Waals surface area contributed by atoms with Crippen LogP contribution in [0.15, 0.2) is 0 Å². The molecule has 112 valence electrons. The van der Waals surface area contributed by atoms with Gasteiger partial charge in [0.25, 0.3) is 0 Å². The Kier molecular flexibility index (Phi) is 6.07. The molecule has 1 saturated heterocycles. The largest absolute Gasteiger partial charge is 0.444 e. The fraction of sp³-hybridized carbons (Fsp3) is 0.929. The second kappa shape index (κ2) is 7.10. The molecule has 2 N–H and O–H groups in total. The standard InChI is InChI=1S/C14H28N2O3/c1-14(2,3)19-13(17)16-9-5-6-11(10-16)12(18-4)7-8-15/h11-12H,5-10,15H2,1-4H3. The Hall–Kier alpha value is -0.810. The van der Waals surface area contributed by atoms with Gasteiger partial charge in [-0.1, -0.05) is 0 Å². The highest BCUT2D eigenvalue weighted by Gasteiger charge is 2.31. The highest BCUT2D eigenvalue weighted by molar-refractivity contribution is 5.68. The number of carbonyl (C=O) groups excluding carboxylic acids is 1. The molecule has 1 fully saturated rings. The quantitative estimate of drug-likeness (QED) is 0.850. The summed E-state index contributed by atoms with van der Waals surface area (Å²) in [5, 5.41) is 0. The normalized spacial score (nSPS) is 22.2. The van der Waals surface area contributed by atoms with Crippen LogP contribution in [0.3, 0.4) is 0 Å². The molecule has 5 heteroatoms. The van der Waals surface area contributed by atoms with Gasteiger partial charge in [0.05, 0.1) is 6.10 Å². The molecule has 1 amide bonds. The maximum absolute atomic E-state index is 12.1. The Balaban J connectivity index is 2.56. The molecule has 1 aliphatic rings. The summed E-state index contributed by atoms with van der Waals surface area (Å²) in [5.41, 5.74) is 5.16. The fourth-order valence-corrected chi connectivity index (χ4v) is 2.52. The first-order chi connectivity index (χ1) is 8.87. The van der Waals surface area contributed by atoms with Crippen LogP contribution in [0.25, 0.3) is 0 Å². The average Bonchev–Trinajstić information content (AvgIpc) is 2.34. The first-order valence-electron chi connectivity index (χ1n) is 7.08. The number of hydrogen-bond donors (Lipinski definition) is 1. The van der Waals surface area contributed by atoms with Crippen LogP contribution in [-0.4, -0.2) is 49.4 Å². The molecular formula is C14H28N2O3. The Morgan fingerprint density at radius 1 is 1.47 bits per heavy atom. The van der Waals surface area contributed by atoms with Gasteiger partial charge in [-0.3, -0.25) is 0 Å². The molecular weight excluding hydrogens is 244 g/mol. The molecule has 19 heavy (non-hydrogen) atoms. The Bertz CT molecular complexity index is 289. The molecule has 1 rings (SSSR count). The predicted molar refractivity (Wildman–Crippen MR) is 75.0 cm³/mol. The minimum Gasteiger partial charge on any atom is -0.444 e. The van der Waals surface area contributed by atoms with Crippen molar-refractivity contribution in [2.75, 3.05) is 26.7 Å². The third-order valence-electron chi connectivity index (χ3n) is 3.39. The van der Waals surface area contributed by atoms with E-state index in [1.165, 1.54) is 0 Å². The summed E-state index contributed by atoms with van der Waals surface area (Å²) in [5.74, 6) is 0.356. The summed E-state index contributed by atoms with van der Waals surface area (Å²) >= 11 is 0. The molecule has 0 saturated carbocycles. The van der Waals surface area contributed by atoms with Crippen LogP contribution in [0.2, 0.25) is 0 Å². The van der Waals surface area contributed by atoms with Crippen LogP contribution < -0.4 is 5.73 Å². The molecule has 1 heterocycles. The summed E-state index contributed by atoms with van der Waals surface area (Å²) in [4.78, 5) is 13.9. The van der Waals surface area contributed by atoms with E-state index >= 15 is 0 Å². The molecule has 0 aromatic rings. The zero-order chi connectivity index (χ0) is 14.5. The van der Waals surface area contributed by atoms with Crippen molar-refractivity contribution in [1.82, 2.24) is 4.90 Å². The lowest BCUT2D eigenvalue weighted by Crippen LogP contribution is -2.46. The Labute approximate surface area is 116 Å². The molecule has 1 aliphatic heterocycles. The lowest BCUT2D eigenvalue weighted by atomic mass is 9.91. The summed E-state index contributed by atoms with van der Waals surface area (Å²) in [7, 11) is 1.72. The second-order valence-electron chi connectivity index (χ2n) is 6.18. The molecule has 0 bridgehead atoms. The van der Waals surface area contributed by atoms with Gasteiger partial charge in [0, 0.05) is 26.1 Å². The third-order valence-corrected chi connectivity index (χ3v) is 3.39. The van der Waals surface area contributed by atoms with Gasteiger partial charge in [-0.25, -0.2) is 4.79 Å². The molecule has 0 aliphatic carbocycles. The van der Waals surface area contributed by atoms with Crippen molar-refractivity contribution in [2.45, 2.75) is 51.7 Å². The van der Waals surface area contributed by atoms with E-state index in [9.17, 15) is 4.79 Å². The predicted octanol–water partition coefficient (Wildman–Crippen LogP) is 2.00. The molecule has 0 radical (unpaired) electrons. The lowest BCUT2D eigenvalue weighted by Gasteiger charge is -2.37. The number of piperidine rings is 1. The topological polar surface area (TPSA) is 64.8 Å². The van der Waals surface area contributed by atoms with Gasteiger partial charge in [0.1, 0.15) is 5.60 Å². The first-order valence-corrected chi connectivity index (χ1v) is 7.08. The van der Waals surface area contributed by atoms with E-state index in [0.717, 1.165) is 25.8 Å². The SMILES string of the molecule is COC(CCN)C1CCCN(C(=O)OC(C)(C)C)C1. The van der Waals surface area contributed by atoms with Gasteiger partial charge < -0.3 is 20.1 Å². The molecule has 2 atom stereocenters. The lowest BCUT2D eigenvalue weighted by molar-refractivity contribution is -0.00953. The average molecular weight is 272 g/mol. The number of nitrogens with zero attached hydrogens (tertiary/aromatic N) is 1. The van der Waals surface area contributed by atoms with Crippen LogP contribution in [0.1, 0.15) is 40.0 Å². The van der Waals surface area contributed by atoms with Gasteiger partial charge in [-0.15, -0.1) is 0 Å². The van der Waals surface area contributed by atoms with Crippen molar-refractivity contribution in [3.8, 4) is 0 Å². The molecule has 0 spiro atoms. The number of likely N-dealkylation sites (tertiary alicyclic amines) is 1. The minimum absolute atomic E-state index is 0.134. The maximum Gasteiger partial charge on any atom is 0.410 e. The highest BCUT2D eigenvalue weighted by atomic mass is 16.6. The van der Waals surface area contributed by atoms with E-state index < -0.39 is 5.60 Å². The van der Waals surface area contributed by atoms with E-state index in [4.69, 9.17) is 15.2 Å². The van der Waals surface area contributed by atoms with E-state index in [1.807, 2.05) is 20.8 Å².